The molecular weight excluding hydrogens is 487 g/mol. The maximum atomic E-state index is 12.8. The summed E-state index contributed by atoms with van der Waals surface area (Å²) in [7, 11) is 0. The number of hydrogen-bond acceptors (Lipinski definition) is 6. The molecule has 2 amide bonds. The molecule has 0 unspecified atom stereocenters. The van der Waals surface area contributed by atoms with Gasteiger partial charge in [0.15, 0.2) is 0 Å². The zero-order valence-corrected chi connectivity index (χ0v) is 19.8. The van der Waals surface area contributed by atoms with Gasteiger partial charge < -0.3 is 4.42 Å². The molecule has 168 valence electrons. The predicted octanol–water partition coefficient (Wildman–Crippen LogP) is 7.01. The van der Waals surface area contributed by atoms with Crippen molar-refractivity contribution >= 4 is 57.9 Å². The molecule has 2 heterocycles. The smallest absolute Gasteiger partial charge is 0.293 e. The Morgan fingerprint density at radius 1 is 1.06 bits per heavy atom. The highest BCUT2D eigenvalue weighted by Gasteiger charge is 2.35. The van der Waals surface area contributed by atoms with Crippen molar-refractivity contribution in [3.05, 3.63) is 90.0 Å². The van der Waals surface area contributed by atoms with Crippen LogP contribution < -0.4 is 0 Å². The highest BCUT2D eigenvalue weighted by molar-refractivity contribution is 8.18. The number of aryl methyl sites for hydroxylation is 2. The minimum absolute atomic E-state index is 0.0527. The number of carbonyl (C=O) groups excluding carboxylic acids is 2. The highest BCUT2D eigenvalue weighted by atomic mass is 35.5. The summed E-state index contributed by atoms with van der Waals surface area (Å²) in [5.74, 6) is 0.134. The Hall–Kier alpha value is -3.07. The van der Waals surface area contributed by atoms with Crippen LogP contribution in [0.3, 0.4) is 0 Å². The number of benzene rings is 2. The number of thioether (sulfide) groups is 1. The van der Waals surface area contributed by atoms with Gasteiger partial charge in [-0.2, -0.15) is 0 Å². The number of carbonyl (C=O) groups is 2. The van der Waals surface area contributed by atoms with Gasteiger partial charge in [-0.1, -0.05) is 29.3 Å². The third kappa shape index (κ3) is 4.68. The number of rotatable bonds is 5. The number of nitro groups is 1. The Bertz CT molecular complexity index is 1350. The van der Waals surface area contributed by atoms with Gasteiger partial charge in [0, 0.05) is 12.1 Å². The third-order valence-electron chi connectivity index (χ3n) is 5.17. The Morgan fingerprint density at radius 2 is 1.79 bits per heavy atom. The minimum Gasteiger partial charge on any atom is -0.456 e. The standard InChI is InChI=1S/C23H16Cl2N2O5S/c1-12-7-16(19(27(30)31)8-13(12)2)20-6-4-15(32-20)10-21-22(28)26(23(29)33-21)11-14-3-5-17(24)18(25)9-14/h3-10H,11H2,1-2H3/b21-10-. The van der Waals surface area contributed by atoms with Gasteiger partial charge in [0.05, 0.1) is 32.0 Å². The summed E-state index contributed by atoms with van der Waals surface area (Å²) >= 11 is 12.7. The van der Waals surface area contributed by atoms with Crippen molar-refractivity contribution in [2.45, 2.75) is 20.4 Å². The molecule has 0 aliphatic carbocycles. The summed E-state index contributed by atoms with van der Waals surface area (Å²) in [6, 6.07) is 11.3. The van der Waals surface area contributed by atoms with Crippen molar-refractivity contribution < 1.29 is 18.9 Å². The zero-order valence-electron chi connectivity index (χ0n) is 17.4. The van der Waals surface area contributed by atoms with Gasteiger partial charge in [0.2, 0.25) is 0 Å². The second-order valence-corrected chi connectivity index (χ2v) is 9.24. The summed E-state index contributed by atoms with van der Waals surface area (Å²) in [6.07, 6.45) is 1.45. The van der Waals surface area contributed by atoms with Gasteiger partial charge in [-0.25, -0.2) is 0 Å². The molecule has 1 fully saturated rings. The number of amides is 2. The van der Waals surface area contributed by atoms with Gasteiger partial charge in [-0.3, -0.25) is 24.6 Å². The van der Waals surface area contributed by atoms with Gasteiger partial charge in [0.1, 0.15) is 11.5 Å². The van der Waals surface area contributed by atoms with Gasteiger partial charge in [-0.15, -0.1) is 0 Å². The van der Waals surface area contributed by atoms with Crippen LogP contribution in [0.15, 0.2) is 51.8 Å². The number of nitro benzene ring substituents is 1. The van der Waals surface area contributed by atoms with E-state index in [9.17, 15) is 19.7 Å². The SMILES string of the molecule is Cc1cc(-c2ccc(/C=C3\SC(=O)N(Cc4ccc(Cl)c(Cl)c4)C3=O)o2)c([N+](=O)[O-])cc1C. The molecular formula is C23H16Cl2N2O5S. The Labute approximate surface area is 203 Å². The van der Waals surface area contributed by atoms with E-state index in [1.807, 2.05) is 6.92 Å². The quantitative estimate of drug-likeness (QED) is 0.211. The molecule has 3 aromatic rings. The second kappa shape index (κ2) is 9.05. The summed E-state index contributed by atoms with van der Waals surface area (Å²) in [5, 5.41) is 11.8. The molecule has 0 saturated carbocycles. The predicted molar refractivity (Wildman–Crippen MR) is 128 cm³/mol. The van der Waals surface area contributed by atoms with E-state index in [1.165, 1.54) is 12.1 Å². The molecule has 10 heteroatoms. The topological polar surface area (TPSA) is 93.7 Å². The van der Waals surface area contributed by atoms with Crippen molar-refractivity contribution in [2.75, 3.05) is 0 Å². The van der Waals surface area contributed by atoms with Crippen LogP contribution in [0.2, 0.25) is 10.0 Å². The normalized spacial score (nSPS) is 15.0. The van der Waals surface area contributed by atoms with Crippen LogP contribution in [0.4, 0.5) is 10.5 Å². The number of halogens is 2. The molecule has 0 N–H and O–H groups in total. The maximum Gasteiger partial charge on any atom is 0.293 e. The van der Waals surface area contributed by atoms with Crippen LogP contribution in [0.1, 0.15) is 22.5 Å². The largest absolute Gasteiger partial charge is 0.456 e. The summed E-state index contributed by atoms with van der Waals surface area (Å²) in [5.41, 5.74) is 2.62. The zero-order chi connectivity index (χ0) is 23.9. The van der Waals surface area contributed by atoms with E-state index in [-0.39, 0.29) is 17.1 Å². The van der Waals surface area contributed by atoms with E-state index < -0.39 is 16.1 Å². The molecule has 2 aromatic carbocycles. The van der Waals surface area contributed by atoms with Crippen LogP contribution in [0.5, 0.6) is 0 Å². The first-order valence-electron chi connectivity index (χ1n) is 9.69. The summed E-state index contributed by atoms with van der Waals surface area (Å²) in [6.45, 7) is 3.71. The minimum atomic E-state index is -0.466. The van der Waals surface area contributed by atoms with Crippen molar-refractivity contribution in [2.24, 2.45) is 0 Å². The Morgan fingerprint density at radius 3 is 2.48 bits per heavy atom. The lowest BCUT2D eigenvalue weighted by molar-refractivity contribution is -0.384. The van der Waals surface area contributed by atoms with Crippen LogP contribution in [-0.2, 0) is 11.3 Å². The first-order chi connectivity index (χ1) is 15.6. The number of furan rings is 1. The molecule has 1 aliphatic heterocycles. The second-order valence-electron chi connectivity index (χ2n) is 7.43. The molecule has 0 spiro atoms. The summed E-state index contributed by atoms with van der Waals surface area (Å²) < 4.78 is 5.78. The lowest BCUT2D eigenvalue weighted by Gasteiger charge is -2.12. The molecule has 0 atom stereocenters. The van der Waals surface area contributed by atoms with Gasteiger partial charge in [-0.05, 0) is 72.6 Å². The summed E-state index contributed by atoms with van der Waals surface area (Å²) in [4.78, 5) is 37.6. The van der Waals surface area contributed by atoms with E-state index >= 15 is 0 Å². The third-order valence-corrected chi connectivity index (χ3v) is 6.82. The van der Waals surface area contributed by atoms with Gasteiger partial charge >= 0.3 is 0 Å². The van der Waals surface area contributed by atoms with Crippen LogP contribution in [0.25, 0.3) is 17.4 Å². The average molecular weight is 503 g/mol. The van der Waals surface area contributed by atoms with E-state index in [4.69, 9.17) is 27.6 Å². The molecule has 0 bridgehead atoms. The van der Waals surface area contributed by atoms with Crippen LogP contribution >= 0.6 is 35.0 Å². The lowest BCUT2D eigenvalue weighted by atomic mass is 10.0. The van der Waals surface area contributed by atoms with Crippen molar-refractivity contribution in [3.63, 3.8) is 0 Å². The fourth-order valence-corrected chi connectivity index (χ4v) is 4.45. The number of hydrogen-bond donors (Lipinski definition) is 0. The van der Waals surface area contributed by atoms with Crippen LogP contribution in [0, 0.1) is 24.0 Å². The molecule has 4 rings (SSSR count). The van der Waals surface area contributed by atoms with Crippen molar-refractivity contribution in [1.29, 1.82) is 0 Å². The molecule has 33 heavy (non-hydrogen) atoms. The lowest BCUT2D eigenvalue weighted by Crippen LogP contribution is -2.27. The number of imide groups is 1. The number of nitrogens with zero attached hydrogens (tertiary/aromatic N) is 2. The van der Waals surface area contributed by atoms with Crippen molar-refractivity contribution in [3.8, 4) is 11.3 Å². The molecule has 1 saturated heterocycles. The molecule has 1 aromatic heterocycles. The van der Waals surface area contributed by atoms with E-state index in [0.29, 0.717) is 32.7 Å². The monoisotopic (exact) mass is 502 g/mol. The molecule has 7 nitrogen and oxygen atoms in total. The van der Waals surface area contributed by atoms with Crippen LogP contribution in [-0.4, -0.2) is 21.0 Å². The molecule has 0 radical (unpaired) electrons. The van der Waals surface area contributed by atoms with E-state index in [1.54, 1.807) is 43.3 Å². The fourth-order valence-electron chi connectivity index (χ4n) is 3.31. The Balaban J connectivity index is 1.59. The first-order valence-corrected chi connectivity index (χ1v) is 11.3. The maximum absolute atomic E-state index is 12.8. The van der Waals surface area contributed by atoms with E-state index in [0.717, 1.165) is 27.8 Å². The highest BCUT2D eigenvalue weighted by Crippen LogP contribution is 2.37. The van der Waals surface area contributed by atoms with Crippen molar-refractivity contribution in [1.82, 2.24) is 4.90 Å². The average Bonchev–Trinajstić information content (AvgIpc) is 3.32. The Kier molecular flexibility index (Phi) is 6.34. The van der Waals surface area contributed by atoms with Gasteiger partial charge in [0.25, 0.3) is 16.8 Å². The molecule has 1 aliphatic rings. The first kappa shape index (κ1) is 23.1. The fraction of sp³-hybridized carbons (Fsp3) is 0.130. The van der Waals surface area contributed by atoms with E-state index in [2.05, 4.69) is 0 Å².